The fourth-order valence-corrected chi connectivity index (χ4v) is 1.73. The summed E-state index contributed by atoms with van der Waals surface area (Å²) < 4.78 is 5.72. The number of aliphatic hydroxyl groups is 1. The second-order valence-electron chi connectivity index (χ2n) is 4.70. The summed E-state index contributed by atoms with van der Waals surface area (Å²) in [6.45, 7) is 4.32. The van der Waals surface area contributed by atoms with E-state index in [4.69, 9.17) is 10.5 Å². The van der Waals surface area contributed by atoms with Crippen LogP contribution in [0.15, 0.2) is 0 Å². The monoisotopic (exact) mass is 201 g/mol. The summed E-state index contributed by atoms with van der Waals surface area (Å²) >= 11 is 0. The lowest BCUT2D eigenvalue weighted by molar-refractivity contribution is -0.0829. The zero-order chi connectivity index (χ0) is 10.6. The third-order valence-electron chi connectivity index (χ3n) is 2.82. The van der Waals surface area contributed by atoms with Crippen LogP contribution in [-0.4, -0.2) is 30.0 Å². The van der Waals surface area contributed by atoms with Crippen molar-refractivity contribution in [1.29, 1.82) is 0 Å². The molecule has 0 aromatic rings. The van der Waals surface area contributed by atoms with Gasteiger partial charge in [-0.15, -0.1) is 0 Å². The Kier molecular flexibility index (Phi) is 4.85. The number of rotatable bonds is 6. The Balaban J connectivity index is 2.27. The van der Waals surface area contributed by atoms with Crippen LogP contribution in [0.5, 0.6) is 0 Å². The number of ether oxygens (including phenoxy) is 1. The summed E-state index contributed by atoms with van der Waals surface area (Å²) in [5.41, 5.74) is 5.97. The summed E-state index contributed by atoms with van der Waals surface area (Å²) in [7, 11) is 0. The molecular formula is C11H23NO2. The summed E-state index contributed by atoms with van der Waals surface area (Å²) in [4.78, 5) is 0. The predicted octanol–water partition coefficient (Wildman–Crippen LogP) is 1.29. The molecule has 0 radical (unpaired) electrons. The highest BCUT2D eigenvalue weighted by Crippen LogP contribution is 2.24. The van der Waals surface area contributed by atoms with Crippen LogP contribution in [-0.2, 0) is 4.74 Å². The van der Waals surface area contributed by atoms with Gasteiger partial charge in [0.05, 0.1) is 18.8 Å². The average Bonchev–Trinajstić information content (AvgIpc) is 2.01. The Hall–Kier alpha value is -0.120. The van der Waals surface area contributed by atoms with Crippen molar-refractivity contribution < 1.29 is 9.84 Å². The van der Waals surface area contributed by atoms with Crippen molar-refractivity contribution in [3.05, 3.63) is 0 Å². The maximum atomic E-state index is 9.17. The first-order valence-electron chi connectivity index (χ1n) is 5.65. The van der Waals surface area contributed by atoms with Crippen molar-refractivity contribution in [3.8, 4) is 0 Å². The van der Waals surface area contributed by atoms with E-state index in [0.29, 0.717) is 12.0 Å². The van der Waals surface area contributed by atoms with E-state index in [-0.39, 0.29) is 18.8 Å². The first-order valence-corrected chi connectivity index (χ1v) is 5.65. The lowest BCUT2D eigenvalue weighted by Crippen LogP contribution is -2.43. The Labute approximate surface area is 86.6 Å². The fourth-order valence-electron chi connectivity index (χ4n) is 1.73. The first kappa shape index (κ1) is 12.0. The number of hydrogen-bond acceptors (Lipinski definition) is 3. The van der Waals surface area contributed by atoms with Crippen molar-refractivity contribution in [3.63, 3.8) is 0 Å². The van der Waals surface area contributed by atoms with Crippen LogP contribution in [0.2, 0.25) is 0 Å². The number of hydrogen-bond donors (Lipinski definition) is 2. The van der Waals surface area contributed by atoms with Crippen LogP contribution in [0.3, 0.4) is 0 Å². The second kappa shape index (κ2) is 5.69. The van der Waals surface area contributed by atoms with E-state index in [1.54, 1.807) is 0 Å². The average molecular weight is 201 g/mol. The molecule has 1 fully saturated rings. The summed E-state index contributed by atoms with van der Waals surface area (Å²) in [6.07, 6.45) is 4.61. The zero-order valence-electron chi connectivity index (χ0n) is 9.28. The third-order valence-corrected chi connectivity index (χ3v) is 2.82. The van der Waals surface area contributed by atoms with Gasteiger partial charge in [0.2, 0.25) is 0 Å². The van der Waals surface area contributed by atoms with Gasteiger partial charge in [0.1, 0.15) is 0 Å². The maximum absolute atomic E-state index is 9.17. The smallest absolute Gasteiger partial charge is 0.0959 e. The van der Waals surface area contributed by atoms with Gasteiger partial charge in [0.25, 0.3) is 0 Å². The maximum Gasteiger partial charge on any atom is 0.0959 e. The SMILES string of the molecule is CC(C)CC(N)C(CO)OC1CCC1. The van der Waals surface area contributed by atoms with E-state index in [1.165, 1.54) is 6.42 Å². The van der Waals surface area contributed by atoms with Crippen molar-refractivity contribution in [2.45, 2.75) is 57.8 Å². The lowest BCUT2D eigenvalue weighted by Gasteiger charge is -2.32. The molecule has 1 aliphatic carbocycles. The summed E-state index contributed by atoms with van der Waals surface area (Å²) in [6, 6.07) is -0.0272. The molecule has 0 heterocycles. The van der Waals surface area contributed by atoms with Crippen LogP contribution >= 0.6 is 0 Å². The van der Waals surface area contributed by atoms with Gasteiger partial charge < -0.3 is 15.6 Å². The minimum absolute atomic E-state index is 0.0272. The van der Waals surface area contributed by atoms with E-state index in [1.807, 2.05) is 0 Å². The number of nitrogens with two attached hydrogens (primary N) is 1. The van der Waals surface area contributed by atoms with Gasteiger partial charge in [-0.2, -0.15) is 0 Å². The first-order chi connectivity index (χ1) is 6.63. The van der Waals surface area contributed by atoms with Crippen molar-refractivity contribution in [2.75, 3.05) is 6.61 Å². The topological polar surface area (TPSA) is 55.5 Å². The highest BCUT2D eigenvalue weighted by Gasteiger charge is 2.26. The molecule has 3 heteroatoms. The molecule has 1 rings (SSSR count). The molecule has 84 valence electrons. The Morgan fingerprint density at radius 1 is 1.43 bits per heavy atom. The summed E-state index contributed by atoms with van der Waals surface area (Å²) in [5.74, 6) is 0.559. The molecule has 3 nitrogen and oxygen atoms in total. The molecular weight excluding hydrogens is 178 g/mol. The van der Waals surface area contributed by atoms with Crippen molar-refractivity contribution >= 4 is 0 Å². The van der Waals surface area contributed by atoms with E-state index >= 15 is 0 Å². The van der Waals surface area contributed by atoms with Gasteiger partial charge in [-0.3, -0.25) is 0 Å². The largest absolute Gasteiger partial charge is 0.394 e. The minimum Gasteiger partial charge on any atom is -0.394 e. The highest BCUT2D eigenvalue weighted by atomic mass is 16.5. The lowest BCUT2D eigenvalue weighted by atomic mass is 9.95. The van der Waals surface area contributed by atoms with Crippen LogP contribution in [0.1, 0.15) is 39.5 Å². The van der Waals surface area contributed by atoms with Crippen LogP contribution in [0.25, 0.3) is 0 Å². The van der Waals surface area contributed by atoms with E-state index in [0.717, 1.165) is 19.3 Å². The molecule has 0 aromatic heterocycles. The van der Waals surface area contributed by atoms with Crippen molar-refractivity contribution in [2.24, 2.45) is 11.7 Å². The summed E-state index contributed by atoms with van der Waals surface area (Å²) in [5, 5.41) is 9.17. The molecule has 14 heavy (non-hydrogen) atoms. The molecule has 2 unspecified atom stereocenters. The normalized spacial score (nSPS) is 22.1. The van der Waals surface area contributed by atoms with Crippen LogP contribution in [0.4, 0.5) is 0 Å². The highest BCUT2D eigenvalue weighted by molar-refractivity contribution is 4.78. The van der Waals surface area contributed by atoms with Gasteiger partial charge in [0, 0.05) is 6.04 Å². The zero-order valence-corrected chi connectivity index (χ0v) is 9.28. The number of aliphatic hydroxyl groups excluding tert-OH is 1. The molecule has 0 spiro atoms. The standard InChI is InChI=1S/C11H23NO2/c1-8(2)6-10(12)11(7-13)14-9-4-3-5-9/h8-11,13H,3-7,12H2,1-2H3. The third kappa shape index (κ3) is 3.56. The van der Waals surface area contributed by atoms with E-state index in [2.05, 4.69) is 13.8 Å². The molecule has 0 aromatic carbocycles. The molecule has 3 N–H and O–H groups in total. The molecule has 0 amide bonds. The fraction of sp³-hybridized carbons (Fsp3) is 1.00. The second-order valence-corrected chi connectivity index (χ2v) is 4.70. The van der Waals surface area contributed by atoms with Crippen molar-refractivity contribution in [1.82, 2.24) is 0 Å². The predicted molar refractivity (Wildman–Crippen MR) is 57.0 cm³/mol. The van der Waals surface area contributed by atoms with Gasteiger partial charge in [-0.25, -0.2) is 0 Å². The molecule has 1 aliphatic rings. The Morgan fingerprint density at radius 2 is 2.07 bits per heavy atom. The minimum atomic E-state index is -0.164. The quantitative estimate of drug-likeness (QED) is 0.681. The van der Waals surface area contributed by atoms with Gasteiger partial charge in [-0.1, -0.05) is 13.8 Å². The van der Waals surface area contributed by atoms with E-state index < -0.39 is 0 Å². The molecule has 0 aliphatic heterocycles. The van der Waals surface area contributed by atoms with Gasteiger partial charge in [0.15, 0.2) is 0 Å². The molecule has 1 saturated carbocycles. The Bertz CT molecular complexity index is 157. The van der Waals surface area contributed by atoms with E-state index in [9.17, 15) is 5.11 Å². The molecule has 0 saturated heterocycles. The Morgan fingerprint density at radius 3 is 2.43 bits per heavy atom. The van der Waals surface area contributed by atoms with Gasteiger partial charge in [-0.05, 0) is 31.6 Å². The van der Waals surface area contributed by atoms with Crippen LogP contribution < -0.4 is 5.73 Å². The van der Waals surface area contributed by atoms with Gasteiger partial charge >= 0.3 is 0 Å². The molecule has 2 atom stereocenters. The van der Waals surface area contributed by atoms with Crippen LogP contribution in [0, 0.1) is 5.92 Å². The molecule has 0 bridgehead atoms.